The second-order valence-electron chi connectivity index (χ2n) is 5.21. The fourth-order valence-corrected chi connectivity index (χ4v) is 6.04. The predicted octanol–water partition coefficient (Wildman–Crippen LogP) is 2.54. The Kier molecular flexibility index (Phi) is 7.27. The van der Waals surface area contributed by atoms with Gasteiger partial charge in [0.05, 0.1) is 10.4 Å². The SMILES string of the molecule is COCCCO[C@H]1CN(CCCOC)S(=O)(=O)c2sc(Cl)cc21. The maximum absolute atomic E-state index is 12.7. The molecule has 9 heteroatoms. The summed E-state index contributed by atoms with van der Waals surface area (Å²) in [6.45, 7) is 2.35. The summed E-state index contributed by atoms with van der Waals surface area (Å²) in [5.74, 6) is 0. The second-order valence-corrected chi connectivity index (χ2v) is 9.03. The lowest BCUT2D eigenvalue weighted by atomic mass is 10.2. The van der Waals surface area contributed by atoms with Crippen LogP contribution in [0.15, 0.2) is 10.3 Å². The number of halogens is 1. The fraction of sp³-hybridized carbons (Fsp3) is 0.714. The van der Waals surface area contributed by atoms with Crippen LogP contribution in [0.4, 0.5) is 0 Å². The highest BCUT2D eigenvalue weighted by molar-refractivity contribution is 7.91. The first-order valence-corrected chi connectivity index (χ1v) is 10.0. The van der Waals surface area contributed by atoms with E-state index in [9.17, 15) is 8.42 Å². The summed E-state index contributed by atoms with van der Waals surface area (Å²) in [7, 11) is -0.262. The molecule has 0 bridgehead atoms. The van der Waals surface area contributed by atoms with Gasteiger partial charge >= 0.3 is 0 Å². The first kappa shape index (κ1) is 19.1. The van der Waals surface area contributed by atoms with Gasteiger partial charge in [-0.2, -0.15) is 4.31 Å². The quantitative estimate of drug-likeness (QED) is 0.613. The van der Waals surface area contributed by atoms with Gasteiger partial charge in [0.15, 0.2) is 0 Å². The summed E-state index contributed by atoms with van der Waals surface area (Å²) in [4.78, 5) is 0. The van der Waals surface area contributed by atoms with E-state index in [0.29, 0.717) is 53.4 Å². The lowest BCUT2D eigenvalue weighted by molar-refractivity contribution is 0.0231. The van der Waals surface area contributed by atoms with Crippen molar-refractivity contribution in [3.8, 4) is 0 Å². The van der Waals surface area contributed by atoms with Crippen LogP contribution in [0.1, 0.15) is 24.5 Å². The summed E-state index contributed by atoms with van der Waals surface area (Å²) in [6.07, 6.45) is 1.11. The van der Waals surface area contributed by atoms with Gasteiger partial charge in [0.2, 0.25) is 0 Å². The van der Waals surface area contributed by atoms with Gasteiger partial charge in [-0.25, -0.2) is 8.42 Å². The molecule has 0 saturated heterocycles. The molecule has 1 atom stereocenters. The van der Waals surface area contributed by atoms with Gasteiger partial charge in [0.1, 0.15) is 4.21 Å². The first-order valence-electron chi connectivity index (χ1n) is 7.39. The normalized spacial score (nSPS) is 20.6. The van der Waals surface area contributed by atoms with E-state index >= 15 is 0 Å². The van der Waals surface area contributed by atoms with E-state index in [1.807, 2.05) is 0 Å². The fourth-order valence-electron chi connectivity index (χ4n) is 2.45. The molecule has 0 aliphatic carbocycles. The van der Waals surface area contributed by atoms with Crippen LogP contribution < -0.4 is 0 Å². The van der Waals surface area contributed by atoms with Crippen molar-refractivity contribution in [3.05, 3.63) is 16.0 Å². The van der Waals surface area contributed by atoms with Gasteiger partial charge in [-0.15, -0.1) is 11.3 Å². The zero-order valence-corrected chi connectivity index (χ0v) is 15.7. The van der Waals surface area contributed by atoms with Crippen LogP contribution in [0.25, 0.3) is 0 Å². The number of hydrogen-bond donors (Lipinski definition) is 0. The first-order chi connectivity index (χ1) is 11.0. The molecule has 0 spiro atoms. The summed E-state index contributed by atoms with van der Waals surface area (Å²) >= 11 is 7.13. The Balaban J connectivity index is 2.15. The molecule has 0 radical (unpaired) electrons. The van der Waals surface area contributed by atoms with Crippen molar-refractivity contribution in [3.63, 3.8) is 0 Å². The van der Waals surface area contributed by atoms with Gasteiger partial charge < -0.3 is 14.2 Å². The minimum atomic E-state index is -3.50. The van der Waals surface area contributed by atoms with Crippen LogP contribution in [-0.4, -0.2) is 59.9 Å². The zero-order chi connectivity index (χ0) is 16.9. The molecule has 0 unspecified atom stereocenters. The Labute approximate surface area is 146 Å². The molecule has 1 aromatic heterocycles. The summed E-state index contributed by atoms with van der Waals surface area (Å²) in [5, 5.41) is 0. The van der Waals surface area contributed by atoms with E-state index in [0.717, 1.165) is 17.8 Å². The topological polar surface area (TPSA) is 65.1 Å². The molecule has 1 aliphatic heterocycles. The zero-order valence-electron chi connectivity index (χ0n) is 13.3. The molecule has 2 rings (SSSR count). The molecule has 2 heterocycles. The number of rotatable bonds is 9. The molecule has 6 nitrogen and oxygen atoms in total. The molecule has 0 amide bonds. The van der Waals surface area contributed by atoms with Crippen molar-refractivity contribution in [1.82, 2.24) is 4.31 Å². The molecule has 0 fully saturated rings. The molecule has 132 valence electrons. The van der Waals surface area contributed by atoms with Crippen LogP contribution in [0, 0.1) is 0 Å². The van der Waals surface area contributed by atoms with E-state index in [1.54, 1.807) is 20.3 Å². The van der Waals surface area contributed by atoms with Crippen LogP contribution in [-0.2, 0) is 24.2 Å². The number of nitrogens with zero attached hydrogens (tertiary/aromatic N) is 1. The third kappa shape index (κ3) is 4.66. The van der Waals surface area contributed by atoms with Crippen molar-refractivity contribution in [1.29, 1.82) is 0 Å². The number of sulfonamides is 1. The highest BCUT2D eigenvalue weighted by atomic mass is 35.5. The summed E-state index contributed by atoms with van der Waals surface area (Å²) in [5.41, 5.74) is 0.667. The molecular weight excluding hydrogens is 362 g/mol. The van der Waals surface area contributed by atoms with E-state index < -0.39 is 10.0 Å². The molecule has 0 saturated carbocycles. The standard InChI is InChI=1S/C14H22ClNO5S2/c1-19-6-3-5-16-10-12(21-8-4-7-20-2)11-9-13(15)22-14(11)23(16,17)18/h9,12H,3-8,10H2,1-2H3/t12-/m0/s1. The highest BCUT2D eigenvalue weighted by Gasteiger charge is 2.39. The average molecular weight is 384 g/mol. The number of fused-ring (bicyclic) bond motifs is 1. The van der Waals surface area contributed by atoms with Crippen LogP contribution in [0.3, 0.4) is 0 Å². The van der Waals surface area contributed by atoms with Crippen LogP contribution in [0.5, 0.6) is 0 Å². The maximum Gasteiger partial charge on any atom is 0.253 e. The van der Waals surface area contributed by atoms with Crippen LogP contribution >= 0.6 is 22.9 Å². The van der Waals surface area contributed by atoms with Crippen molar-refractivity contribution < 1.29 is 22.6 Å². The lowest BCUT2D eigenvalue weighted by Crippen LogP contribution is -2.40. The van der Waals surface area contributed by atoms with E-state index in [2.05, 4.69) is 0 Å². The van der Waals surface area contributed by atoms with Crippen molar-refractivity contribution >= 4 is 33.0 Å². The molecule has 23 heavy (non-hydrogen) atoms. The van der Waals surface area contributed by atoms with E-state index in [-0.39, 0.29) is 6.10 Å². The molecule has 1 aromatic rings. The van der Waals surface area contributed by atoms with Gasteiger partial charge in [0, 0.05) is 52.7 Å². The molecule has 0 aromatic carbocycles. The number of hydrogen-bond acceptors (Lipinski definition) is 6. The lowest BCUT2D eigenvalue weighted by Gasteiger charge is -2.32. The minimum absolute atomic E-state index is 0.294. The Bertz CT molecular complexity index is 604. The van der Waals surface area contributed by atoms with Gasteiger partial charge in [-0.05, 0) is 18.9 Å². The third-order valence-electron chi connectivity index (χ3n) is 3.55. The smallest absolute Gasteiger partial charge is 0.253 e. The second kappa shape index (κ2) is 8.75. The largest absolute Gasteiger partial charge is 0.385 e. The van der Waals surface area contributed by atoms with E-state index in [1.165, 1.54) is 4.31 Å². The average Bonchev–Trinajstić information content (AvgIpc) is 2.91. The molecular formula is C14H22ClNO5S2. The Morgan fingerprint density at radius 1 is 1.26 bits per heavy atom. The third-order valence-corrected chi connectivity index (χ3v) is 7.23. The van der Waals surface area contributed by atoms with Crippen molar-refractivity contribution in [2.75, 3.05) is 47.1 Å². The van der Waals surface area contributed by atoms with Gasteiger partial charge in [-0.3, -0.25) is 0 Å². The highest BCUT2D eigenvalue weighted by Crippen LogP contribution is 2.41. The predicted molar refractivity (Wildman–Crippen MR) is 89.8 cm³/mol. The van der Waals surface area contributed by atoms with E-state index in [4.69, 9.17) is 25.8 Å². The summed E-state index contributed by atoms with van der Waals surface area (Å²) < 4.78 is 43.5. The van der Waals surface area contributed by atoms with Gasteiger partial charge in [0.25, 0.3) is 10.0 Å². The summed E-state index contributed by atoms with van der Waals surface area (Å²) in [6, 6.07) is 1.70. The molecule has 0 N–H and O–H groups in total. The Morgan fingerprint density at radius 2 is 1.96 bits per heavy atom. The molecule has 1 aliphatic rings. The Hall–Kier alpha value is -0.220. The number of ether oxygens (including phenoxy) is 3. The van der Waals surface area contributed by atoms with Crippen molar-refractivity contribution in [2.24, 2.45) is 0 Å². The number of thiophene rings is 1. The van der Waals surface area contributed by atoms with Crippen LogP contribution in [0.2, 0.25) is 4.34 Å². The monoisotopic (exact) mass is 383 g/mol. The number of methoxy groups -OCH3 is 2. The van der Waals surface area contributed by atoms with Crippen molar-refractivity contribution in [2.45, 2.75) is 23.2 Å². The Morgan fingerprint density at radius 3 is 2.65 bits per heavy atom. The van der Waals surface area contributed by atoms with Gasteiger partial charge in [-0.1, -0.05) is 11.6 Å². The minimum Gasteiger partial charge on any atom is -0.385 e. The maximum atomic E-state index is 12.7.